The van der Waals surface area contributed by atoms with Crippen molar-refractivity contribution in [3.63, 3.8) is 0 Å². The normalized spacial score (nSPS) is 28.2. The van der Waals surface area contributed by atoms with Gasteiger partial charge in [0.15, 0.2) is 0 Å². The first-order valence-electron chi connectivity index (χ1n) is 8.76. The summed E-state index contributed by atoms with van der Waals surface area (Å²) in [6, 6.07) is 7.90. The zero-order valence-corrected chi connectivity index (χ0v) is 15.2. The Morgan fingerprint density at radius 3 is 2.54 bits per heavy atom. The number of amides is 2. The summed E-state index contributed by atoms with van der Waals surface area (Å²) in [5, 5.41) is 2.57. The molecule has 24 heavy (non-hydrogen) atoms. The maximum Gasteiger partial charge on any atom is 0.244 e. The molecule has 1 aromatic rings. The first-order valence-corrected chi connectivity index (χ1v) is 9.75. The number of rotatable bonds is 8. The van der Waals surface area contributed by atoms with E-state index in [0.29, 0.717) is 0 Å². The molecule has 0 unspecified atom stereocenters. The van der Waals surface area contributed by atoms with Crippen LogP contribution in [0.15, 0.2) is 24.3 Å². The van der Waals surface area contributed by atoms with Gasteiger partial charge in [0, 0.05) is 5.92 Å². The highest BCUT2D eigenvalue weighted by Crippen LogP contribution is 2.61. The molecule has 0 radical (unpaired) electrons. The maximum atomic E-state index is 12.6. The summed E-state index contributed by atoms with van der Waals surface area (Å²) in [5.41, 5.74) is 1.12. The summed E-state index contributed by atoms with van der Waals surface area (Å²) >= 11 is 1.69. The van der Waals surface area contributed by atoms with Crippen molar-refractivity contribution in [2.45, 2.75) is 49.7 Å². The summed E-state index contributed by atoms with van der Waals surface area (Å²) < 4.78 is 4.62. The molecule has 5 heteroatoms. The molecule has 1 heterocycles. The van der Waals surface area contributed by atoms with Crippen molar-refractivity contribution in [1.82, 2.24) is 5.32 Å². The quantitative estimate of drug-likeness (QED) is 0.577. The monoisotopic (exact) mass is 347 g/mol. The van der Waals surface area contributed by atoms with E-state index in [0.717, 1.165) is 29.9 Å². The van der Waals surface area contributed by atoms with Gasteiger partial charge in [0.25, 0.3) is 0 Å². The maximum absolute atomic E-state index is 12.6. The Kier molecular flexibility index (Phi) is 5.18. The molecule has 1 saturated heterocycles. The summed E-state index contributed by atoms with van der Waals surface area (Å²) in [6.45, 7) is 2.19. The first kappa shape index (κ1) is 17.3. The molecule has 1 aliphatic carbocycles. The summed E-state index contributed by atoms with van der Waals surface area (Å²) in [4.78, 5) is 24.7. The molecule has 1 N–H and O–H groups in total. The highest BCUT2D eigenvalue weighted by atomic mass is 32.2. The van der Waals surface area contributed by atoms with Crippen molar-refractivity contribution in [3.05, 3.63) is 29.8 Å². The largest absolute Gasteiger partial charge is 0.497 e. The van der Waals surface area contributed by atoms with Crippen LogP contribution < -0.4 is 10.1 Å². The highest BCUT2D eigenvalue weighted by molar-refractivity contribution is 8.01. The minimum atomic E-state index is -0.599. The standard InChI is InChI=1S/C19H25NO3S/c1-3-4-5-6-11-24-19-15(12-16(19)17(21)20-18(19)22)13-7-9-14(23-2)10-8-13/h7-10,15-16H,3-6,11-12H2,1-2H3,(H,20,21,22)/t15-,16-,19+/m1/s1. The van der Waals surface area contributed by atoms with Crippen LogP contribution in [-0.2, 0) is 9.59 Å². The van der Waals surface area contributed by atoms with Crippen molar-refractivity contribution in [2.75, 3.05) is 12.9 Å². The predicted molar refractivity (Wildman–Crippen MR) is 96.3 cm³/mol. The van der Waals surface area contributed by atoms with Crippen LogP contribution in [0.1, 0.15) is 50.5 Å². The number of fused-ring (bicyclic) bond motifs is 1. The predicted octanol–water partition coefficient (Wildman–Crippen LogP) is 3.51. The third kappa shape index (κ3) is 2.83. The number of imide groups is 1. The van der Waals surface area contributed by atoms with E-state index < -0.39 is 4.75 Å². The molecule has 2 amide bonds. The van der Waals surface area contributed by atoms with Crippen molar-refractivity contribution in [1.29, 1.82) is 0 Å². The average Bonchev–Trinajstić information content (AvgIpc) is 2.74. The summed E-state index contributed by atoms with van der Waals surface area (Å²) in [5.74, 6) is 1.49. The van der Waals surface area contributed by atoms with Crippen molar-refractivity contribution in [3.8, 4) is 5.75 Å². The van der Waals surface area contributed by atoms with Gasteiger partial charge >= 0.3 is 0 Å². The third-order valence-electron chi connectivity index (χ3n) is 5.27. The molecule has 0 aromatic heterocycles. The molecular formula is C19H25NO3S. The molecule has 0 bridgehead atoms. The lowest BCUT2D eigenvalue weighted by atomic mass is 9.62. The van der Waals surface area contributed by atoms with Crippen molar-refractivity contribution in [2.24, 2.45) is 5.92 Å². The number of carbonyl (C=O) groups excluding carboxylic acids is 2. The van der Waals surface area contributed by atoms with Crippen LogP contribution in [0.2, 0.25) is 0 Å². The molecule has 0 spiro atoms. The van der Waals surface area contributed by atoms with E-state index in [-0.39, 0.29) is 23.7 Å². The molecule has 1 aliphatic heterocycles. The lowest BCUT2D eigenvalue weighted by Gasteiger charge is -2.48. The number of unbranched alkanes of at least 4 members (excludes halogenated alkanes) is 3. The highest BCUT2D eigenvalue weighted by Gasteiger charge is 2.67. The van der Waals surface area contributed by atoms with Crippen molar-refractivity contribution < 1.29 is 14.3 Å². The minimum absolute atomic E-state index is 0.0918. The number of ether oxygens (including phenoxy) is 1. The molecule has 130 valence electrons. The number of benzene rings is 1. The number of carbonyl (C=O) groups is 2. The minimum Gasteiger partial charge on any atom is -0.497 e. The van der Waals surface area contributed by atoms with Gasteiger partial charge in [-0.25, -0.2) is 0 Å². The number of hydrogen-bond donors (Lipinski definition) is 1. The molecule has 1 saturated carbocycles. The van der Waals surface area contributed by atoms with Crippen LogP contribution in [0.4, 0.5) is 0 Å². The van der Waals surface area contributed by atoms with Gasteiger partial charge in [-0.15, -0.1) is 11.8 Å². The van der Waals surface area contributed by atoms with Gasteiger partial charge < -0.3 is 4.74 Å². The fraction of sp³-hybridized carbons (Fsp3) is 0.579. The lowest BCUT2D eigenvalue weighted by molar-refractivity contribution is -0.125. The van der Waals surface area contributed by atoms with E-state index in [2.05, 4.69) is 12.2 Å². The fourth-order valence-electron chi connectivity index (χ4n) is 3.84. The summed E-state index contributed by atoms with van der Waals surface area (Å²) in [7, 11) is 1.64. The smallest absolute Gasteiger partial charge is 0.244 e. The van der Waals surface area contributed by atoms with Gasteiger partial charge in [-0.2, -0.15) is 0 Å². The Bertz CT molecular complexity index is 616. The van der Waals surface area contributed by atoms with Crippen LogP contribution >= 0.6 is 11.8 Å². The Balaban J connectivity index is 1.76. The van der Waals surface area contributed by atoms with Crippen LogP contribution in [0.5, 0.6) is 5.75 Å². The number of nitrogens with one attached hydrogen (secondary N) is 1. The number of thioether (sulfide) groups is 1. The van der Waals surface area contributed by atoms with Gasteiger partial charge in [-0.3, -0.25) is 14.9 Å². The second kappa shape index (κ2) is 7.18. The molecule has 1 aromatic carbocycles. The Labute approximate surface area is 147 Å². The van der Waals surface area contributed by atoms with Gasteiger partial charge in [-0.1, -0.05) is 38.3 Å². The van der Waals surface area contributed by atoms with E-state index in [4.69, 9.17) is 4.74 Å². The molecule has 2 aliphatic rings. The molecule has 3 atom stereocenters. The molecule has 2 fully saturated rings. The van der Waals surface area contributed by atoms with E-state index >= 15 is 0 Å². The van der Waals surface area contributed by atoms with Crippen LogP contribution in [0.25, 0.3) is 0 Å². The second-order valence-electron chi connectivity index (χ2n) is 6.63. The Morgan fingerprint density at radius 2 is 1.92 bits per heavy atom. The van der Waals surface area contributed by atoms with E-state index in [1.807, 2.05) is 24.3 Å². The van der Waals surface area contributed by atoms with Crippen LogP contribution in [-0.4, -0.2) is 29.4 Å². The van der Waals surface area contributed by atoms with Crippen LogP contribution in [0.3, 0.4) is 0 Å². The third-order valence-corrected chi connectivity index (χ3v) is 7.00. The van der Waals surface area contributed by atoms with Gasteiger partial charge in [-0.05, 0) is 36.3 Å². The molecular weight excluding hydrogens is 322 g/mol. The van der Waals surface area contributed by atoms with E-state index in [1.165, 1.54) is 19.3 Å². The first-order chi connectivity index (χ1) is 11.6. The zero-order valence-electron chi connectivity index (χ0n) is 14.3. The molecule has 3 rings (SSSR count). The van der Waals surface area contributed by atoms with Crippen molar-refractivity contribution >= 4 is 23.6 Å². The van der Waals surface area contributed by atoms with E-state index in [1.54, 1.807) is 18.9 Å². The lowest BCUT2D eigenvalue weighted by Crippen LogP contribution is -2.54. The second-order valence-corrected chi connectivity index (χ2v) is 8.01. The number of hydrogen-bond acceptors (Lipinski definition) is 4. The van der Waals surface area contributed by atoms with Gasteiger partial charge in [0.2, 0.25) is 11.8 Å². The zero-order chi connectivity index (χ0) is 17.2. The van der Waals surface area contributed by atoms with Gasteiger partial charge in [0.05, 0.1) is 13.0 Å². The van der Waals surface area contributed by atoms with Crippen LogP contribution in [0, 0.1) is 5.92 Å². The van der Waals surface area contributed by atoms with E-state index in [9.17, 15) is 9.59 Å². The number of methoxy groups -OCH3 is 1. The fourth-order valence-corrected chi connectivity index (χ4v) is 5.55. The summed E-state index contributed by atoms with van der Waals surface area (Å²) in [6.07, 6.45) is 5.47. The van der Waals surface area contributed by atoms with Gasteiger partial charge in [0.1, 0.15) is 10.5 Å². The average molecular weight is 347 g/mol. The Morgan fingerprint density at radius 1 is 1.17 bits per heavy atom. The topological polar surface area (TPSA) is 55.4 Å². The Hall–Kier alpha value is -1.49. The molecule has 4 nitrogen and oxygen atoms in total. The SMILES string of the molecule is CCCCCCS[C@]12C(=O)NC(=O)[C@H]1C[C@@H]2c1ccc(OC)cc1.